The van der Waals surface area contributed by atoms with Gasteiger partial charge in [0.15, 0.2) is 17.3 Å². The molecule has 11 nitrogen and oxygen atoms in total. The van der Waals surface area contributed by atoms with Crippen molar-refractivity contribution in [3.8, 4) is 11.4 Å². The topological polar surface area (TPSA) is 140 Å². The van der Waals surface area contributed by atoms with Crippen molar-refractivity contribution in [1.29, 1.82) is 0 Å². The van der Waals surface area contributed by atoms with Crippen LogP contribution >= 0.6 is 0 Å². The zero-order valence-corrected chi connectivity index (χ0v) is 16.3. The van der Waals surface area contributed by atoms with Gasteiger partial charge in [0.05, 0.1) is 5.69 Å². The molecule has 1 aliphatic carbocycles. The highest BCUT2D eigenvalue weighted by atomic mass is 16.2. The van der Waals surface area contributed by atoms with Gasteiger partial charge in [-0.25, -0.2) is 4.68 Å². The fourth-order valence-corrected chi connectivity index (χ4v) is 2.96. The number of benzene rings is 1. The highest BCUT2D eigenvalue weighted by molar-refractivity contribution is 5.99. The average Bonchev–Trinajstić information content (AvgIpc) is 3.50. The van der Waals surface area contributed by atoms with E-state index in [9.17, 15) is 9.59 Å². The van der Waals surface area contributed by atoms with E-state index in [1.165, 1.54) is 10.7 Å². The van der Waals surface area contributed by atoms with Crippen molar-refractivity contribution in [2.24, 2.45) is 13.0 Å². The molecule has 2 aromatic heterocycles. The summed E-state index contributed by atoms with van der Waals surface area (Å²) in [5.74, 6) is -0.479. The summed E-state index contributed by atoms with van der Waals surface area (Å²) < 4.78 is 23.5. The van der Waals surface area contributed by atoms with Gasteiger partial charge in [0, 0.05) is 41.4 Å². The number of tetrazole rings is 1. The first-order chi connectivity index (χ1) is 15.6. The van der Waals surface area contributed by atoms with Gasteiger partial charge in [-0.05, 0) is 41.8 Å². The van der Waals surface area contributed by atoms with Crippen LogP contribution in [0.15, 0.2) is 24.3 Å². The predicted octanol–water partition coefficient (Wildman–Crippen LogP) is 1.43. The molecule has 0 aliphatic heterocycles. The van der Waals surface area contributed by atoms with E-state index in [4.69, 9.17) is 4.11 Å². The molecule has 0 radical (unpaired) electrons. The van der Waals surface area contributed by atoms with Crippen LogP contribution in [0.2, 0.25) is 0 Å². The second kappa shape index (κ2) is 7.85. The van der Waals surface area contributed by atoms with Crippen LogP contribution < -0.4 is 16.0 Å². The van der Waals surface area contributed by atoms with Crippen molar-refractivity contribution in [2.45, 2.75) is 19.8 Å². The lowest BCUT2D eigenvalue weighted by Crippen LogP contribution is -2.22. The van der Waals surface area contributed by atoms with Gasteiger partial charge in [-0.2, -0.15) is 0 Å². The molecule has 3 aromatic rings. The van der Waals surface area contributed by atoms with E-state index in [1.807, 2.05) is 18.3 Å². The van der Waals surface area contributed by atoms with Crippen molar-refractivity contribution < 1.29 is 13.7 Å². The molecule has 0 bridgehead atoms. The van der Waals surface area contributed by atoms with Crippen LogP contribution in [0.25, 0.3) is 11.4 Å². The zero-order valence-electron chi connectivity index (χ0n) is 19.3. The summed E-state index contributed by atoms with van der Waals surface area (Å²) in [4.78, 5) is 24.7. The van der Waals surface area contributed by atoms with Gasteiger partial charge < -0.3 is 16.0 Å². The van der Waals surface area contributed by atoms with Crippen molar-refractivity contribution in [3.63, 3.8) is 0 Å². The Kier molecular flexibility index (Phi) is 4.18. The van der Waals surface area contributed by atoms with E-state index < -0.39 is 12.9 Å². The number of hydrogen-bond donors (Lipinski definition) is 3. The van der Waals surface area contributed by atoms with Gasteiger partial charge in [0.2, 0.25) is 5.91 Å². The SMILES string of the molecule is [2H]C([2H])([2H])NC(=O)c1nnc(NC(=O)C2CC2)cc1Nc1cccc(-c2nnnn2C)c1C. The van der Waals surface area contributed by atoms with Crippen molar-refractivity contribution >= 4 is 29.0 Å². The van der Waals surface area contributed by atoms with Gasteiger partial charge in [-0.1, -0.05) is 12.1 Å². The number of nitrogens with zero attached hydrogens (tertiary/aromatic N) is 6. The van der Waals surface area contributed by atoms with Crippen LogP contribution in [0, 0.1) is 12.8 Å². The Morgan fingerprint density at radius 3 is 2.73 bits per heavy atom. The average molecular weight is 410 g/mol. The molecule has 0 unspecified atom stereocenters. The smallest absolute Gasteiger partial charge is 0.273 e. The van der Waals surface area contributed by atoms with Gasteiger partial charge in [0.1, 0.15) is 0 Å². The summed E-state index contributed by atoms with van der Waals surface area (Å²) in [6.45, 7) is -0.859. The van der Waals surface area contributed by atoms with Crippen LogP contribution in [0.4, 0.5) is 17.2 Å². The fraction of sp³-hybridized carbons (Fsp3) is 0.316. The molecule has 4 rings (SSSR count). The lowest BCUT2D eigenvalue weighted by Gasteiger charge is -2.15. The van der Waals surface area contributed by atoms with E-state index in [2.05, 4.69) is 36.4 Å². The number of carbonyl (C=O) groups is 2. The van der Waals surface area contributed by atoms with Crippen LogP contribution in [0.3, 0.4) is 0 Å². The Balaban J connectivity index is 1.70. The Morgan fingerprint density at radius 2 is 2.03 bits per heavy atom. The molecule has 2 heterocycles. The second-order valence-electron chi connectivity index (χ2n) is 6.94. The van der Waals surface area contributed by atoms with Gasteiger partial charge >= 0.3 is 0 Å². The molecule has 1 aliphatic rings. The third-order valence-electron chi connectivity index (χ3n) is 4.79. The minimum atomic E-state index is -2.71. The number of hydrogen-bond acceptors (Lipinski definition) is 8. The normalized spacial score (nSPS) is 14.9. The van der Waals surface area contributed by atoms with Crippen LogP contribution in [0.1, 0.15) is 33.0 Å². The number of nitrogens with one attached hydrogen (secondary N) is 3. The van der Waals surface area contributed by atoms with E-state index in [-0.39, 0.29) is 29.0 Å². The quantitative estimate of drug-likeness (QED) is 0.554. The molecule has 1 aromatic carbocycles. The fourth-order valence-electron chi connectivity index (χ4n) is 2.96. The number of anilines is 3. The Morgan fingerprint density at radius 1 is 1.20 bits per heavy atom. The van der Waals surface area contributed by atoms with Crippen molar-refractivity contribution in [3.05, 3.63) is 35.5 Å². The molecular weight excluding hydrogens is 386 g/mol. The minimum absolute atomic E-state index is 0.0549. The van der Waals surface area contributed by atoms with E-state index in [0.717, 1.165) is 24.0 Å². The monoisotopic (exact) mass is 410 g/mol. The highest BCUT2D eigenvalue weighted by Crippen LogP contribution is 2.32. The largest absolute Gasteiger partial charge is 0.354 e. The van der Waals surface area contributed by atoms with E-state index in [0.29, 0.717) is 11.5 Å². The molecule has 0 saturated heterocycles. The molecule has 3 N–H and O–H groups in total. The zero-order chi connectivity index (χ0) is 23.8. The van der Waals surface area contributed by atoms with Gasteiger partial charge in [0.25, 0.3) is 5.91 Å². The highest BCUT2D eigenvalue weighted by Gasteiger charge is 2.30. The summed E-state index contributed by atoms with van der Waals surface area (Å²) in [5, 5.41) is 27.0. The van der Waals surface area contributed by atoms with E-state index >= 15 is 0 Å². The van der Waals surface area contributed by atoms with Gasteiger partial charge in [-0.15, -0.1) is 15.3 Å². The van der Waals surface area contributed by atoms with Crippen LogP contribution in [-0.4, -0.2) is 49.2 Å². The predicted molar refractivity (Wildman–Crippen MR) is 109 cm³/mol. The lowest BCUT2D eigenvalue weighted by atomic mass is 10.1. The minimum Gasteiger partial charge on any atom is -0.354 e. The van der Waals surface area contributed by atoms with Crippen molar-refractivity contribution in [1.82, 2.24) is 35.7 Å². The summed E-state index contributed by atoms with van der Waals surface area (Å²) in [5.41, 5.74) is 2.07. The molecule has 0 atom stereocenters. The summed E-state index contributed by atoms with van der Waals surface area (Å²) >= 11 is 0. The third-order valence-corrected chi connectivity index (χ3v) is 4.79. The summed E-state index contributed by atoms with van der Waals surface area (Å²) in [6.07, 6.45) is 1.62. The first-order valence-corrected chi connectivity index (χ1v) is 9.23. The molecule has 11 heteroatoms. The summed E-state index contributed by atoms with van der Waals surface area (Å²) in [7, 11) is 1.72. The Hall–Kier alpha value is -3.89. The number of carbonyl (C=O) groups excluding carboxylic acids is 2. The standard InChI is InChI=1S/C19H21N9O2/c1-10-12(17-25-26-27-28(17)3)5-4-6-13(10)21-14-9-15(22-18(29)11-7-8-11)23-24-16(14)19(30)20-2/h4-6,9,11H,7-8H2,1-3H3,(H,20,30)(H2,21,22,23,29)/i2D3. The number of amides is 2. The van der Waals surface area contributed by atoms with Crippen LogP contribution in [0.5, 0.6) is 0 Å². The third kappa shape index (κ3) is 3.81. The molecule has 30 heavy (non-hydrogen) atoms. The number of aromatic nitrogens is 6. The molecule has 0 spiro atoms. The van der Waals surface area contributed by atoms with Gasteiger partial charge in [-0.3, -0.25) is 9.59 Å². The maximum absolute atomic E-state index is 12.6. The maximum Gasteiger partial charge on any atom is 0.273 e. The summed E-state index contributed by atoms with van der Waals surface area (Å²) in [6, 6.07) is 6.85. The second-order valence-corrected chi connectivity index (χ2v) is 6.94. The lowest BCUT2D eigenvalue weighted by molar-refractivity contribution is -0.117. The molecule has 154 valence electrons. The number of rotatable bonds is 6. The Bertz CT molecular complexity index is 1220. The van der Waals surface area contributed by atoms with Crippen molar-refractivity contribution in [2.75, 3.05) is 17.6 Å². The van der Waals surface area contributed by atoms with E-state index in [1.54, 1.807) is 19.2 Å². The Labute approximate surface area is 176 Å². The molecule has 2 amide bonds. The molecule has 1 saturated carbocycles. The molecular formula is C19H21N9O2. The molecule has 1 fully saturated rings. The first-order valence-electron chi connectivity index (χ1n) is 10.7. The number of aryl methyl sites for hydroxylation is 1. The maximum atomic E-state index is 12.6. The van der Waals surface area contributed by atoms with Crippen LogP contribution in [-0.2, 0) is 11.8 Å². The first kappa shape index (κ1) is 16.0.